The Hall–Kier alpha value is -2.31. The summed E-state index contributed by atoms with van der Waals surface area (Å²) in [6.07, 6.45) is 4.47. The fraction of sp³-hybridized carbons (Fsp3) is 0.500. The first kappa shape index (κ1) is 22.9. The van der Waals surface area contributed by atoms with Gasteiger partial charge in [0, 0.05) is 30.6 Å². The molecule has 0 spiro atoms. The zero-order valence-corrected chi connectivity index (χ0v) is 20.2. The average Bonchev–Trinajstić information content (AvgIpc) is 3.18. The van der Waals surface area contributed by atoms with Gasteiger partial charge in [-0.05, 0) is 74.6 Å². The molecule has 1 heterocycles. The van der Waals surface area contributed by atoms with Crippen LogP contribution < -0.4 is 20.1 Å². The molecule has 172 valence electrons. The highest BCUT2D eigenvalue weighted by Gasteiger charge is 2.51. The number of hydrogen-bond donors (Lipinski definition) is 2. The van der Waals surface area contributed by atoms with Crippen LogP contribution in [-0.2, 0) is 12.0 Å². The minimum absolute atomic E-state index is 0.117. The summed E-state index contributed by atoms with van der Waals surface area (Å²) in [5, 5.41) is 7.59. The van der Waals surface area contributed by atoms with Gasteiger partial charge in [0.1, 0.15) is 0 Å². The number of thiocarbonyl (C=S) groups is 1. The lowest BCUT2D eigenvalue weighted by Crippen LogP contribution is -2.53. The van der Waals surface area contributed by atoms with Crippen LogP contribution in [0.3, 0.4) is 0 Å². The van der Waals surface area contributed by atoms with Crippen LogP contribution in [0, 0.1) is 0 Å². The van der Waals surface area contributed by atoms with Crippen LogP contribution in [0.4, 0.5) is 0 Å². The molecule has 0 bridgehead atoms. The van der Waals surface area contributed by atoms with E-state index in [1.807, 2.05) is 0 Å². The normalized spacial score (nSPS) is 25.1. The van der Waals surface area contributed by atoms with E-state index >= 15 is 0 Å². The standard InChI is InChI=1S/C26H35N3O2S/c1-4-27-25(32)28-21-12-13-26(20-10-11-22(30-2)23(16-20)31-3)14-15-29(24(26)17-21)18-19-8-6-5-7-9-19/h5-11,16,21,24H,4,12-15,17-18H2,1-3H3,(H2,27,28,32)/t21-,24-,26+/m1/s1. The Labute approximate surface area is 197 Å². The lowest BCUT2D eigenvalue weighted by atomic mass is 9.65. The number of nitrogens with zero attached hydrogens (tertiary/aromatic N) is 1. The van der Waals surface area contributed by atoms with Crippen molar-refractivity contribution < 1.29 is 9.47 Å². The third-order valence-electron chi connectivity index (χ3n) is 7.23. The van der Waals surface area contributed by atoms with Crippen molar-refractivity contribution in [1.29, 1.82) is 0 Å². The molecule has 32 heavy (non-hydrogen) atoms. The molecule has 0 aromatic heterocycles. The summed E-state index contributed by atoms with van der Waals surface area (Å²) in [4.78, 5) is 2.68. The minimum atomic E-state index is 0.117. The molecular formula is C26H35N3O2S. The van der Waals surface area contributed by atoms with Gasteiger partial charge >= 0.3 is 0 Å². The second-order valence-corrected chi connectivity index (χ2v) is 9.33. The van der Waals surface area contributed by atoms with Crippen molar-refractivity contribution in [1.82, 2.24) is 15.5 Å². The van der Waals surface area contributed by atoms with Gasteiger partial charge in [-0.3, -0.25) is 4.90 Å². The van der Waals surface area contributed by atoms with Crippen molar-refractivity contribution in [2.75, 3.05) is 27.3 Å². The van der Waals surface area contributed by atoms with E-state index in [9.17, 15) is 0 Å². The van der Waals surface area contributed by atoms with Crippen molar-refractivity contribution in [2.45, 2.75) is 56.7 Å². The first-order valence-corrected chi connectivity index (χ1v) is 12.0. The lowest BCUT2D eigenvalue weighted by Gasteiger charge is -2.46. The molecule has 1 aliphatic carbocycles. The van der Waals surface area contributed by atoms with Crippen LogP contribution >= 0.6 is 12.2 Å². The number of benzene rings is 2. The van der Waals surface area contributed by atoms with E-state index in [1.54, 1.807) is 14.2 Å². The lowest BCUT2D eigenvalue weighted by molar-refractivity contribution is 0.134. The highest BCUT2D eigenvalue weighted by molar-refractivity contribution is 7.80. The van der Waals surface area contributed by atoms with Crippen molar-refractivity contribution in [3.63, 3.8) is 0 Å². The molecule has 0 unspecified atom stereocenters. The Kier molecular flexibility index (Phi) is 7.21. The third-order valence-corrected chi connectivity index (χ3v) is 7.49. The Morgan fingerprint density at radius 3 is 2.59 bits per heavy atom. The van der Waals surface area contributed by atoms with Crippen LogP contribution in [0.25, 0.3) is 0 Å². The van der Waals surface area contributed by atoms with Gasteiger partial charge in [-0.15, -0.1) is 0 Å². The Morgan fingerprint density at radius 1 is 1.09 bits per heavy atom. The highest BCUT2D eigenvalue weighted by atomic mass is 32.1. The topological polar surface area (TPSA) is 45.8 Å². The molecule has 2 aromatic rings. The van der Waals surface area contributed by atoms with Gasteiger partial charge < -0.3 is 20.1 Å². The zero-order chi connectivity index (χ0) is 22.6. The molecule has 2 N–H and O–H groups in total. The van der Waals surface area contributed by atoms with Gasteiger partial charge in [-0.2, -0.15) is 0 Å². The summed E-state index contributed by atoms with van der Waals surface area (Å²) in [5.74, 6) is 1.60. The molecule has 2 aliphatic rings. The van der Waals surface area contributed by atoms with Crippen LogP contribution in [0.15, 0.2) is 48.5 Å². The van der Waals surface area contributed by atoms with E-state index in [1.165, 1.54) is 11.1 Å². The van der Waals surface area contributed by atoms with E-state index in [0.717, 1.165) is 61.9 Å². The molecule has 3 atom stereocenters. The summed E-state index contributed by atoms with van der Waals surface area (Å²) < 4.78 is 11.2. The zero-order valence-electron chi connectivity index (χ0n) is 19.4. The predicted octanol–water partition coefficient (Wildman–Crippen LogP) is 4.25. The van der Waals surface area contributed by atoms with Crippen LogP contribution in [0.2, 0.25) is 0 Å². The number of methoxy groups -OCH3 is 2. The SMILES string of the molecule is CCNC(=S)N[C@@H]1CC[C@@]2(c3ccc(OC)c(OC)c3)CCN(Cc3ccccc3)[C@@H]2C1. The number of likely N-dealkylation sites (tertiary alicyclic amines) is 1. The van der Waals surface area contributed by atoms with Gasteiger partial charge in [0.2, 0.25) is 0 Å². The summed E-state index contributed by atoms with van der Waals surface area (Å²) in [6.45, 7) is 5.00. The second kappa shape index (κ2) is 10.1. The monoisotopic (exact) mass is 453 g/mol. The summed E-state index contributed by atoms with van der Waals surface area (Å²) in [7, 11) is 3.41. The van der Waals surface area contributed by atoms with Crippen LogP contribution in [-0.4, -0.2) is 49.4 Å². The van der Waals surface area contributed by atoms with Gasteiger partial charge in [0.15, 0.2) is 16.6 Å². The first-order chi connectivity index (χ1) is 15.6. The smallest absolute Gasteiger partial charge is 0.166 e. The quantitative estimate of drug-likeness (QED) is 0.611. The number of hydrogen-bond acceptors (Lipinski definition) is 4. The largest absolute Gasteiger partial charge is 0.493 e. The number of ether oxygens (including phenoxy) is 2. The van der Waals surface area contributed by atoms with E-state index in [4.69, 9.17) is 21.7 Å². The predicted molar refractivity (Wildman–Crippen MR) is 134 cm³/mol. The number of fused-ring (bicyclic) bond motifs is 1. The van der Waals surface area contributed by atoms with E-state index in [2.05, 4.69) is 71.0 Å². The molecule has 2 fully saturated rings. The maximum Gasteiger partial charge on any atom is 0.166 e. The molecule has 1 aliphatic heterocycles. The van der Waals surface area contributed by atoms with Crippen molar-refractivity contribution in [2.24, 2.45) is 0 Å². The van der Waals surface area contributed by atoms with E-state index in [-0.39, 0.29) is 5.41 Å². The van der Waals surface area contributed by atoms with Crippen molar-refractivity contribution in [3.8, 4) is 11.5 Å². The number of nitrogens with one attached hydrogen (secondary N) is 2. The second-order valence-electron chi connectivity index (χ2n) is 8.92. The maximum atomic E-state index is 5.66. The molecule has 1 saturated heterocycles. The van der Waals surface area contributed by atoms with Gasteiger partial charge in [0.05, 0.1) is 14.2 Å². The fourth-order valence-electron chi connectivity index (χ4n) is 5.66. The summed E-state index contributed by atoms with van der Waals surface area (Å²) in [5.41, 5.74) is 2.85. The third kappa shape index (κ3) is 4.57. The fourth-order valence-corrected chi connectivity index (χ4v) is 5.97. The summed E-state index contributed by atoms with van der Waals surface area (Å²) >= 11 is 5.50. The van der Waals surface area contributed by atoms with Crippen molar-refractivity contribution >= 4 is 17.3 Å². The molecular weight excluding hydrogens is 418 g/mol. The Balaban J connectivity index is 1.63. The molecule has 4 rings (SSSR count). The van der Waals surface area contributed by atoms with Crippen LogP contribution in [0.1, 0.15) is 43.7 Å². The average molecular weight is 454 g/mol. The number of rotatable bonds is 7. The highest BCUT2D eigenvalue weighted by Crippen LogP contribution is 2.50. The Bertz CT molecular complexity index is 923. The van der Waals surface area contributed by atoms with Gasteiger partial charge in [0.25, 0.3) is 0 Å². The molecule has 0 radical (unpaired) electrons. The van der Waals surface area contributed by atoms with Crippen LogP contribution in [0.5, 0.6) is 11.5 Å². The molecule has 0 amide bonds. The molecule has 5 nitrogen and oxygen atoms in total. The van der Waals surface area contributed by atoms with E-state index < -0.39 is 0 Å². The molecule has 1 saturated carbocycles. The Morgan fingerprint density at radius 2 is 1.88 bits per heavy atom. The minimum Gasteiger partial charge on any atom is -0.493 e. The summed E-state index contributed by atoms with van der Waals surface area (Å²) in [6, 6.07) is 18.2. The first-order valence-electron chi connectivity index (χ1n) is 11.6. The van der Waals surface area contributed by atoms with Gasteiger partial charge in [-0.25, -0.2) is 0 Å². The van der Waals surface area contributed by atoms with Crippen molar-refractivity contribution in [3.05, 3.63) is 59.7 Å². The maximum absolute atomic E-state index is 5.66. The van der Waals surface area contributed by atoms with Gasteiger partial charge in [-0.1, -0.05) is 36.4 Å². The molecule has 6 heteroatoms. The molecule has 2 aromatic carbocycles. The van der Waals surface area contributed by atoms with E-state index in [0.29, 0.717) is 12.1 Å².